The summed E-state index contributed by atoms with van der Waals surface area (Å²) >= 11 is 1.58. The lowest BCUT2D eigenvalue weighted by Crippen LogP contribution is -2.15. The molecule has 0 atom stereocenters. The smallest absolute Gasteiger partial charge is 0.408 e. The van der Waals surface area contributed by atoms with E-state index in [0.717, 1.165) is 21.8 Å². The maximum atomic E-state index is 12.1. The number of rotatable bonds is 4. The van der Waals surface area contributed by atoms with E-state index in [2.05, 4.69) is 33.7 Å². The highest BCUT2D eigenvalue weighted by Gasteiger charge is 2.13. The van der Waals surface area contributed by atoms with Gasteiger partial charge >= 0.3 is 5.76 Å². The quantitative estimate of drug-likeness (QED) is 0.445. The van der Waals surface area contributed by atoms with Gasteiger partial charge in [-0.05, 0) is 36.8 Å². The number of thioether (sulfide) groups is 1. The fourth-order valence-corrected chi connectivity index (χ4v) is 4.30. The molecule has 0 aliphatic rings. The van der Waals surface area contributed by atoms with Crippen molar-refractivity contribution in [2.75, 3.05) is 5.75 Å². The lowest BCUT2D eigenvalue weighted by Gasteiger charge is -2.07. The number of aromatic nitrogens is 4. The van der Waals surface area contributed by atoms with Gasteiger partial charge in [-0.25, -0.2) is 4.79 Å². The Balaban J connectivity index is 1.48. The highest BCUT2D eigenvalue weighted by atomic mass is 32.2. The fraction of sp³-hybridized carbons (Fsp3) is 0.150. The highest BCUT2D eigenvalue weighted by molar-refractivity contribution is 7.99. The number of pyridine rings is 1. The number of nitrogens with zero attached hydrogens (tertiary/aromatic N) is 4. The molecule has 2 aromatic carbocycles. The Morgan fingerprint density at radius 1 is 1.04 bits per heavy atom. The molecule has 7 heteroatoms. The normalized spacial score (nSPS) is 11.7. The summed E-state index contributed by atoms with van der Waals surface area (Å²) in [6.07, 6.45) is 0. The van der Waals surface area contributed by atoms with Gasteiger partial charge in [-0.1, -0.05) is 42.1 Å². The Bertz CT molecular complexity index is 1350. The molecule has 5 aromatic rings. The van der Waals surface area contributed by atoms with Gasteiger partial charge in [0, 0.05) is 17.7 Å². The molecule has 134 valence electrons. The molecule has 0 radical (unpaired) electrons. The minimum absolute atomic E-state index is 0.330. The molecule has 3 heterocycles. The molecule has 0 unspecified atom stereocenters. The van der Waals surface area contributed by atoms with Crippen LogP contribution in [0.3, 0.4) is 0 Å². The van der Waals surface area contributed by atoms with Crippen molar-refractivity contribution >= 4 is 39.4 Å². The van der Waals surface area contributed by atoms with Crippen molar-refractivity contribution in [2.24, 2.45) is 0 Å². The molecule has 0 aliphatic heterocycles. The van der Waals surface area contributed by atoms with Crippen LogP contribution in [0.2, 0.25) is 0 Å². The molecule has 5 rings (SSSR count). The van der Waals surface area contributed by atoms with Gasteiger partial charge in [-0.3, -0.25) is 8.97 Å². The molecule has 0 fully saturated rings. The van der Waals surface area contributed by atoms with Crippen molar-refractivity contribution in [1.29, 1.82) is 0 Å². The van der Waals surface area contributed by atoms with E-state index in [1.807, 2.05) is 36.4 Å². The molecule has 27 heavy (non-hydrogen) atoms. The summed E-state index contributed by atoms with van der Waals surface area (Å²) in [6.45, 7) is 2.62. The third-order valence-electron chi connectivity index (χ3n) is 4.69. The summed E-state index contributed by atoms with van der Waals surface area (Å²) in [5.41, 5.74) is 4.53. The van der Waals surface area contributed by atoms with Gasteiger partial charge in [-0.2, -0.15) is 0 Å². The van der Waals surface area contributed by atoms with E-state index >= 15 is 0 Å². The zero-order valence-corrected chi connectivity index (χ0v) is 15.4. The van der Waals surface area contributed by atoms with Crippen molar-refractivity contribution < 1.29 is 4.42 Å². The zero-order valence-electron chi connectivity index (χ0n) is 14.6. The van der Waals surface area contributed by atoms with Gasteiger partial charge in [0.25, 0.3) is 0 Å². The minimum atomic E-state index is -0.330. The summed E-state index contributed by atoms with van der Waals surface area (Å²) in [6, 6.07) is 17.8. The molecule has 0 spiro atoms. The van der Waals surface area contributed by atoms with E-state index in [-0.39, 0.29) is 5.76 Å². The van der Waals surface area contributed by atoms with Gasteiger partial charge < -0.3 is 4.42 Å². The Labute approximate surface area is 158 Å². The Morgan fingerprint density at radius 2 is 1.81 bits per heavy atom. The third-order valence-corrected chi connectivity index (χ3v) is 5.60. The SMILES string of the molecule is Cc1cc2nnc(SCCn3c(=O)oc4ccccc43)n2c2ccccc12. The van der Waals surface area contributed by atoms with Crippen LogP contribution in [0.4, 0.5) is 0 Å². The third kappa shape index (κ3) is 2.62. The predicted octanol–water partition coefficient (Wildman–Crippen LogP) is 3.89. The minimum Gasteiger partial charge on any atom is -0.408 e. The first-order chi connectivity index (χ1) is 13.2. The maximum absolute atomic E-state index is 12.1. The molecule has 0 saturated carbocycles. The van der Waals surface area contributed by atoms with Crippen LogP contribution in [-0.4, -0.2) is 24.9 Å². The molecular weight excluding hydrogens is 360 g/mol. The van der Waals surface area contributed by atoms with Crippen molar-refractivity contribution in [3.63, 3.8) is 0 Å². The number of para-hydroxylation sites is 3. The first kappa shape index (κ1) is 16.1. The van der Waals surface area contributed by atoms with Gasteiger partial charge in [0.05, 0.1) is 11.0 Å². The lowest BCUT2D eigenvalue weighted by atomic mass is 10.1. The number of aryl methyl sites for hydroxylation is 2. The molecule has 6 nitrogen and oxygen atoms in total. The first-order valence-electron chi connectivity index (χ1n) is 8.67. The number of benzene rings is 2. The molecule has 0 saturated heterocycles. The van der Waals surface area contributed by atoms with Crippen molar-refractivity contribution in [3.05, 3.63) is 70.7 Å². The average molecular weight is 376 g/mol. The van der Waals surface area contributed by atoms with Crippen LogP contribution in [0.15, 0.2) is 69.0 Å². The van der Waals surface area contributed by atoms with E-state index in [0.29, 0.717) is 17.9 Å². The fourth-order valence-electron chi connectivity index (χ4n) is 3.42. The van der Waals surface area contributed by atoms with Crippen LogP contribution in [0.1, 0.15) is 5.56 Å². The van der Waals surface area contributed by atoms with Crippen LogP contribution in [-0.2, 0) is 6.54 Å². The maximum Gasteiger partial charge on any atom is 0.419 e. The Hall–Kier alpha value is -3.06. The molecule has 0 amide bonds. The predicted molar refractivity (Wildman–Crippen MR) is 106 cm³/mol. The van der Waals surface area contributed by atoms with Gasteiger partial charge in [-0.15, -0.1) is 10.2 Å². The number of fused-ring (bicyclic) bond motifs is 4. The summed E-state index contributed by atoms with van der Waals surface area (Å²) in [5, 5.41) is 10.7. The second-order valence-electron chi connectivity index (χ2n) is 6.36. The molecule has 3 aromatic heterocycles. The second-order valence-corrected chi connectivity index (χ2v) is 7.42. The topological polar surface area (TPSA) is 65.3 Å². The summed E-state index contributed by atoms with van der Waals surface area (Å²) in [7, 11) is 0. The Kier molecular flexibility index (Phi) is 3.75. The Morgan fingerprint density at radius 3 is 2.70 bits per heavy atom. The monoisotopic (exact) mass is 376 g/mol. The number of oxazole rings is 1. The summed E-state index contributed by atoms with van der Waals surface area (Å²) in [4.78, 5) is 12.1. The van der Waals surface area contributed by atoms with Gasteiger partial charge in [0.2, 0.25) is 0 Å². The highest BCUT2D eigenvalue weighted by Crippen LogP contribution is 2.26. The number of hydrogen-bond donors (Lipinski definition) is 0. The van der Waals surface area contributed by atoms with E-state index in [9.17, 15) is 4.79 Å². The van der Waals surface area contributed by atoms with Crippen LogP contribution in [0.5, 0.6) is 0 Å². The molecular formula is C20H16N4O2S. The molecule has 0 bridgehead atoms. The van der Waals surface area contributed by atoms with Gasteiger partial charge in [0.15, 0.2) is 16.4 Å². The first-order valence-corrected chi connectivity index (χ1v) is 9.65. The molecule has 0 N–H and O–H groups in total. The van der Waals surface area contributed by atoms with Gasteiger partial charge in [0.1, 0.15) is 0 Å². The van der Waals surface area contributed by atoms with Crippen molar-refractivity contribution in [2.45, 2.75) is 18.6 Å². The van der Waals surface area contributed by atoms with E-state index in [1.165, 1.54) is 10.9 Å². The molecule has 0 aliphatic carbocycles. The standard InChI is InChI=1S/C20H16N4O2S/c1-13-12-18-21-22-19(24(18)15-7-3-2-6-14(13)15)27-11-10-23-16-8-4-5-9-17(16)26-20(23)25/h2-9,12H,10-11H2,1H3. The van der Waals surface area contributed by atoms with E-state index in [1.54, 1.807) is 22.4 Å². The van der Waals surface area contributed by atoms with Crippen LogP contribution >= 0.6 is 11.8 Å². The van der Waals surface area contributed by atoms with Crippen molar-refractivity contribution in [3.8, 4) is 0 Å². The summed E-state index contributed by atoms with van der Waals surface area (Å²) in [5.74, 6) is 0.357. The van der Waals surface area contributed by atoms with Crippen LogP contribution in [0.25, 0.3) is 27.6 Å². The summed E-state index contributed by atoms with van der Waals surface area (Å²) < 4.78 is 9.03. The number of hydrogen-bond acceptors (Lipinski definition) is 5. The van der Waals surface area contributed by atoms with E-state index in [4.69, 9.17) is 4.42 Å². The van der Waals surface area contributed by atoms with Crippen LogP contribution in [0, 0.1) is 6.92 Å². The second kappa shape index (κ2) is 6.28. The van der Waals surface area contributed by atoms with Crippen molar-refractivity contribution in [1.82, 2.24) is 19.2 Å². The van der Waals surface area contributed by atoms with Crippen LogP contribution < -0.4 is 5.76 Å². The lowest BCUT2D eigenvalue weighted by molar-refractivity contribution is 0.514. The van der Waals surface area contributed by atoms with E-state index < -0.39 is 0 Å². The largest absolute Gasteiger partial charge is 0.419 e. The average Bonchev–Trinajstić information content (AvgIpc) is 3.23. The zero-order chi connectivity index (χ0) is 18.4.